The number of thiazole rings is 1. The molecule has 0 aliphatic heterocycles. The van der Waals surface area contributed by atoms with Crippen LogP contribution in [0, 0.1) is 44.1 Å². The van der Waals surface area contributed by atoms with Crippen LogP contribution < -0.4 is 0 Å². The van der Waals surface area contributed by atoms with Gasteiger partial charge in [-0.2, -0.15) is 18.2 Å². The van der Waals surface area contributed by atoms with Crippen LogP contribution in [0.3, 0.4) is 0 Å². The van der Waals surface area contributed by atoms with E-state index in [-0.39, 0.29) is 36.0 Å². The average Bonchev–Trinajstić information content (AvgIpc) is 2.70. The third kappa shape index (κ3) is 4.39. The third-order valence-electron chi connectivity index (χ3n) is 2.65. The second-order valence-corrected chi connectivity index (χ2v) is 8.73. The Hall–Kier alpha value is 0.282. The number of hydrogen-bond acceptors (Lipinski definition) is 4. The summed E-state index contributed by atoms with van der Waals surface area (Å²) in [5.41, 5.74) is 1.84. The molecule has 0 spiro atoms. The van der Waals surface area contributed by atoms with Crippen LogP contribution in [-0.4, -0.2) is 13.4 Å². The summed E-state index contributed by atoms with van der Waals surface area (Å²) >= 11 is 1.63. The normalized spacial score (nSPS) is 11.2. The van der Waals surface area contributed by atoms with Gasteiger partial charge in [-0.3, -0.25) is 0 Å². The molecule has 0 aliphatic rings. The summed E-state index contributed by atoms with van der Waals surface area (Å²) in [7, 11) is -1.45. The molecule has 0 radical (unpaired) electrons. The minimum Gasteiger partial charge on any atom is -0.246 e. The maximum atomic E-state index is 11.5. The van der Waals surface area contributed by atoms with Crippen LogP contribution in [0.25, 0.3) is 10.4 Å². The molecule has 1 heterocycles. The molecule has 1 aromatic heterocycles. The molecule has 1 atom stereocenters. The predicted molar refractivity (Wildman–Crippen MR) is 82.0 cm³/mol. The Balaban J connectivity index is 0.00000200. The van der Waals surface area contributed by atoms with Gasteiger partial charge in [0.15, 0.2) is 9.46 Å². The fourth-order valence-electron chi connectivity index (χ4n) is 1.79. The van der Waals surface area contributed by atoms with Crippen LogP contribution in [0.1, 0.15) is 24.0 Å². The van der Waals surface area contributed by atoms with Crippen LogP contribution in [0.2, 0.25) is 0 Å². The van der Waals surface area contributed by atoms with E-state index >= 15 is 0 Å². The molecular formula is C13H15NO2PS2U-. The Morgan fingerprint density at radius 2 is 2.15 bits per heavy atom. The van der Waals surface area contributed by atoms with Crippen molar-refractivity contribution in [3.05, 3.63) is 35.0 Å². The average molecular weight is 550 g/mol. The molecule has 0 amide bonds. The van der Waals surface area contributed by atoms with E-state index in [1.165, 1.54) is 0 Å². The van der Waals surface area contributed by atoms with E-state index in [1.807, 2.05) is 21.4 Å². The first-order valence-electron chi connectivity index (χ1n) is 5.93. The summed E-state index contributed by atoms with van der Waals surface area (Å²) in [5.74, 6) is 0. The molecule has 7 heteroatoms. The van der Waals surface area contributed by atoms with Crippen LogP contribution in [0.15, 0.2) is 23.1 Å². The topological polar surface area (TPSA) is 47.0 Å². The summed E-state index contributed by atoms with van der Waals surface area (Å²) in [6.45, 7) is 4.07. The van der Waals surface area contributed by atoms with E-state index in [1.54, 1.807) is 23.5 Å². The SMILES string of the molecule is CCCc1nc(C)c(-c2cc[c-]c(S(=O)(=O)P)c2)s1.[U]. The molecule has 3 nitrogen and oxygen atoms in total. The second kappa shape index (κ2) is 7.52. The molecule has 0 aliphatic carbocycles. The van der Waals surface area contributed by atoms with Gasteiger partial charge in [0.05, 0.1) is 10.7 Å². The molecule has 0 fully saturated rings. The predicted octanol–water partition coefficient (Wildman–Crippen LogP) is 3.44. The first-order valence-corrected chi connectivity index (χ1v) is 9.70. The molecule has 2 aromatic rings. The number of aryl methyl sites for hydroxylation is 2. The van der Waals surface area contributed by atoms with E-state index in [0.29, 0.717) is 0 Å². The third-order valence-corrected chi connectivity index (χ3v) is 5.53. The minimum absolute atomic E-state index is 0. The Kier molecular flexibility index (Phi) is 6.89. The second-order valence-electron chi connectivity index (χ2n) is 4.26. The smallest absolute Gasteiger partial charge is 0.166 e. The molecule has 0 saturated carbocycles. The van der Waals surface area contributed by atoms with Crippen LogP contribution >= 0.6 is 19.8 Å². The van der Waals surface area contributed by atoms with Gasteiger partial charge in [0, 0.05) is 36.0 Å². The van der Waals surface area contributed by atoms with Gasteiger partial charge in [-0.25, -0.2) is 13.4 Å². The van der Waals surface area contributed by atoms with Crippen molar-refractivity contribution >= 4 is 29.2 Å². The molecule has 1 aromatic carbocycles. The zero-order valence-corrected chi connectivity index (χ0v) is 18.3. The Morgan fingerprint density at radius 1 is 1.45 bits per heavy atom. The van der Waals surface area contributed by atoms with E-state index < -0.39 is 9.46 Å². The summed E-state index contributed by atoms with van der Waals surface area (Å²) in [6.07, 6.45) is 2.01. The number of benzene rings is 1. The fraction of sp³-hybridized carbons (Fsp3) is 0.308. The van der Waals surface area contributed by atoms with Crippen LogP contribution in [-0.2, 0) is 15.9 Å². The van der Waals surface area contributed by atoms with Crippen molar-refractivity contribution in [3.63, 3.8) is 0 Å². The molecule has 2 rings (SSSR count). The Bertz CT molecular complexity index is 698. The van der Waals surface area contributed by atoms with Gasteiger partial charge in [0.25, 0.3) is 0 Å². The van der Waals surface area contributed by atoms with Crippen molar-refractivity contribution < 1.29 is 39.5 Å². The molecule has 0 bridgehead atoms. The van der Waals surface area contributed by atoms with Crippen molar-refractivity contribution in [2.75, 3.05) is 0 Å². The van der Waals surface area contributed by atoms with Crippen molar-refractivity contribution in [2.24, 2.45) is 0 Å². The number of aromatic nitrogens is 1. The summed E-state index contributed by atoms with van der Waals surface area (Å²) in [6, 6.07) is 7.91. The quantitative estimate of drug-likeness (QED) is 0.433. The van der Waals surface area contributed by atoms with Crippen LogP contribution in [0.5, 0.6) is 0 Å². The summed E-state index contributed by atoms with van der Waals surface area (Å²) in [4.78, 5) is 5.75. The van der Waals surface area contributed by atoms with Crippen molar-refractivity contribution in [3.8, 4) is 10.4 Å². The zero-order valence-electron chi connectivity index (χ0n) is 11.3. The van der Waals surface area contributed by atoms with Crippen LogP contribution in [0.4, 0.5) is 0 Å². The van der Waals surface area contributed by atoms with Gasteiger partial charge in [-0.1, -0.05) is 6.92 Å². The summed E-state index contributed by atoms with van der Waals surface area (Å²) in [5, 5.41) is 1.10. The maximum Gasteiger partial charge on any atom is 0.166 e. The number of hydrogen-bond donors (Lipinski definition) is 0. The molecular weight excluding hydrogens is 535 g/mol. The summed E-state index contributed by atoms with van der Waals surface area (Å²) < 4.78 is 23.1. The van der Waals surface area contributed by atoms with Crippen molar-refractivity contribution in [2.45, 2.75) is 31.6 Å². The van der Waals surface area contributed by atoms with Crippen molar-refractivity contribution in [1.82, 2.24) is 4.98 Å². The first kappa shape index (κ1) is 18.3. The number of nitrogens with zero attached hydrogens (tertiary/aromatic N) is 1. The Labute approximate surface area is 149 Å². The van der Waals surface area contributed by atoms with E-state index in [4.69, 9.17) is 0 Å². The Morgan fingerprint density at radius 3 is 2.75 bits per heavy atom. The standard InChI is InChI=1S/C13H15NO2PS2.U/c1-3-5-12-14-9(2)13(18-12)10-6-4-7-11(8-10)19(15,16)17;/h4,6,8H,3,5,17H2,1-2H3;/q-1;. The molecule has 0 saturated heterocycles. The number of rotatable bonds is 4. The molecule has 1 unspecified atom stereocenters. The maximum absolute atomic E-state index is 11.5. The molecule has 0 N–H and O–H groups in total. The van der Waals surface area contributed by atoms with Gasteiger partial charge in [-0.15, -0.1) is 23.0 Å². The van der Waals surface area contributed by atoms with Gasteiger partial charge in [-0.05, 0) is 33.1 Å². The molecule has 20 heavy (non-hydrogen) atoms. The van der Waals surface area contributed by atoms with Gasteiger partial charge in [0.2, 0.25) is 0 Å². The zero-order chi connectivity index (χ0) is 14.0. The minimum atomic E-state index is -3.30. The largest absolute Gasteiger partial charge is 0.246 e. The van der Waals surface area contributed by atoms with E-state index in [2.05, 4.69) is 18.0 Å². The monoisotopic (exact) mass is 550 g/mol. The fourth-order valence-corrected chi connectivity index (χ4v) is 3.89. The first-order chi connectivity index (χ1) is 8.91. The van der Waals surface area contributed by atoms with Crippen molar-refractivity contribution in [1.29, 1.82) is 0 Å². The molecule has 106 valence electrons. The van der Waals surface area contributed by atoms with Gasteiger partial charge < -0.3 is 0 Å². The van der Waals surface area contributed by atoms with Gasteiger partial charge >= 0.3 is 0 Å². The van der Waals surface area contributed by atoms with Gasteiger partial charge in [0.1, 0.15) is 0 Å². The van der Waals surface area contributed by atoms with E-state index in [9.17, 15) is 8.42 Å². The van der Waals surface area contributed by atoms with E-state index in [0.717, 1.165) is 34.0 Å².